The number of halogens is 1. The van der Waals surface area contributed by atoms with Gasteiger partial charge in [0.2, 0.25) is 5.95 Å². The molecule has 2 rings (SSSR count). The van der Waals surface area contributed by atoms with Crippen LogP contribution >= 0.6 is 0 Å². The number of pyridine rings is 1. The number of nitrogens with one attached hydrogen (secondary N) is 2. The SMILES string of the molecule is Fc1ncccc1CNCC1CNC1. The maximum absolute atomic E-state index is 13.0. The lowest BCUT2D eigenvalue weighted by atomic mass is 10.0. The van der Waals surface area contributed by atoms with Crippen LogP contribution in [0.1, 0.15) is 5.56 Å². The van der Waals surface area contributed by atoms with Gasteiger partial charge in [-0.15, -0.1) is 0 Å². The van der Waals surface area contributed by atoms with Crippen LogP contribution in [-0.4, -0.2) is 24.6 Å². The van der Waals surface area contributed by atoms with Gasteiger partial charge in [-0.3, -0.25) is 0 Å². The average Bonchev–Trinajstić information content (AvgIpc) is 2.12. The molecule has 0 aliphatic carbocycles. The molecule has 76 valence electrons. The molecule has 1 aromatic heterocycles. The van der Waals surface area contributed by atoms with Crippen molar-refractivity contribution >= 4 is 0 Å². The van der Waals surface area contributed by atoms with E-state index in [4.69, 9.17) is 0 Å². The van der Waals surface area contributed by atoms with E-state index < -0.39 is 0 Å². The van der Waals surface area contributed by atoms with Crippen molar-refractivity contribution in [3.8, 4) is 0 Å². The van der Waals surface area contributed by atoms with Crippen LogP contribution in [0.4, 0.5) is 4.39 Å². The minimum absolute atomic E-state index is 0.369. The molecule has 0 aromatic carbocycles. The molecule has 0 bridgehead atoms. The third-order valence-electron chi connectivity index (χ3n) is 2.45. The van der Waals surface area contributed by atoms with Gasteiger partial charge in [-0.25, -0.2) is 4.98 Å². The molecule has 0 unspecified atom stereocenters. The Balaban J connectivity index is 1.76. The third kappa shape index (κ3) is 2.27. The zero-order valence-corrected chi connectivity index (χ0v) is 7.96. The molecule has 0 amide bonds. The molecule has 0 atom stereocenters. The van der Waals surface area contributed by atoms with E-state index in [1.54, 1.807) is 12.1 Å². The molecular formula is C10H14FN3. The van der Waals surface area contributed by atoms with E-state index in [1.807, 2.05) is 0 Å². The summed E-state index contributed by atoms with van der Waals surface area (Å²) in [5, 5.41) is 6.42. The maximum Gasteiger partial charge on any atom is 0.217 e. The molecule has 1 aromatic rings. The quantitative estimate of drug-likeness (QED) is 0.688. The Labute approximate surface area is 82.7 Å². The Hall–Kier alpha value is -1.00. The highest BCUT2D eigenvalue weighted by molar-refractivity contribution is 5.10. The molecule has 1 aliphatic heterocycles. The van der Waals surface area contributed by atoms with Gasteiger partial charge in [-0.05, 0) is 12.0 Å². The predicted molar refractivity (Wildman–Crippen MR) is 52.3 cm³/mol. The molecule has 4 heteroatoms. The minimum Gasteiger partial charge on any atom is -0.316 e. The van der Waals surface area contributed by atoms with Crippen molar-refractivity contribution in [3.05, 3.63) is 29.8 Å². The van der Waals surface area contributed by atoms with Gasteiger partial charge >= 0.3 is 0 Å². The van der Waals surface area contributed by atoms with Crippen LogP contribution in [0.5, 0.6) is 0 Å². The van der Waals surface area contributed by atoms with Crippen molar-refractivity contribution in [1.29, 1.82) is 0 Å². The summed E-state index contributed by atoms with van der Waals surface area (Å²) in [5.74, 6) is 0.335. The molecular weight excluding hydrogens is 181 g/mol. The topological polar surface area (TPSA) is 37.0 Å². The van der Waals surface area contributed by atoms with Gasteiger partial charge in [-0.1, -0.05) is 6.07 Å². The van der Waals surface area contributed by atoms with E-state index in [-0.39, 0.29) is 5.95 Å². The normalized spacial score (nSPS) is 16.6. The fourth-order valence-corrected chi connectivity index (χ4v) is 1.45. The van der Waals surface area contributed by atoms with Crippen molar-refractivity contribution in [3.63, 3.8) is 0 Å². The summed E-state index contributed by atoms with van der Waals surface area (Å²) in [4.78, 5) is 3.59. The lowest BCUT2D eigenvalue weighted by Gasteiger charge is -2.27. The lowest BCUT2D eigenvalue weighted by Crippen LogP contribution is -2.47. The van der Waals surface area contributed by atoms with Gasteiger partial charge in [-0.2, -0.15) is 4.39 Å². The van der Waals surface area contributed by atoms with Crippen LogP contribution in [0.25, 0.3) is 0 Å². The Bertz CT molecular complexity index is 299. The van der Waals surface area contributed by atoms with E-state index in [9.17, 15) is 4.39 Å². The standard InChI is InChI=1S/C10H14FN3/c11-10-9(2-1-3-14-10)7-13-6-8-4-12-5-8/h1-3,8,12-13H,4-7H2. The van der Waals surface area contributed by atoms with Gasteiger partial charge in [0.1, 0.15) is 0 Å². The van der Waals surface area contributed by atoms with Gasteiger partial charge in [0.05, 0.1) is 0 Å². The monoisotopic (exact) mass is 195 g/mol. The number of hydrogen-bond donors (Lipinski definition) is 2. The van der Waals surface area contributed by atoms with Crippen molar-refractivity contribution in [2.24, 2.45) is 5.92 Å². The Kier molecular flexibility index (Phi) is 3.06. The first-order chi connectivity index (χ1) is 6.86. The van der Waals surface area contributed by atoms with E-state index in [1.165, 1.54) is 6.20 Å². The second kappa shape index (κ2) is 4.48. The van der Waals surface area contributed by atoms with E-state index in [0.29, 0.717) is 18.0 Å². The van der Waals surface area contributed by atoms with Gasteiger partial charge in [0, 0.05) is 37.9 Å². The third-order valence-corrected chi connectivity index (χ3v) is 2.45. The Morgan fingerprint density at radius 3 is 3.07 bits per heavy atom. The summed E-state index contributed by atoms with van der Waals surface area (Å²) in [6, 6.07) is 3.51. The zero-order chi connectivity index (χ0) is 9.80. The van der Waals surface area contributed by atoms with Gasteiger partial charge in [0.25, 0.3) is 0 Å². The van der Waals surface area contributed by atoms with Crippen molar-refractivity contribution in [1.82, 2.24) is 15.6 Å². The van der Waals surface area contributed by atoms with Crippen LogP contribution in [0, 0.1) is 11.9 Å². The molecule has 1 saturated heterocycles. The fourth-order valence-electron chi connectivity index (χ4n) is 1.45. The second-order valence-electron chi connectivity index (χ2n) is 3.61. The van der Waals surface area contributed by atoms with Crippen molar-refractivity contribution < 1.29 is 4.39 Å². The first kappa shape index (κ1) is 9.55. The van der Waals surface area contributed by atoms with Crippen LogP contribution in [0.2, 0.25) is 0 Å². The molecule has 1 aliphatic rings. The smallest absolute Gasteiger partial charge is 0.217 e. The van der Waals surface area contributed by atoms with Crippen LogP contribution < -0.4 is 10.6 Å². The summed E-state index contributed by atoms with van der Waals surface area (Å²) < 4.78 is 13.0. The largest absolute Gasteiger partial charge is 0.316 e. The van der Waals surface area contributed by atoms with Crippen LogP contribution in [-0.2, 0) is 6.54 Å². The first-order valence-electron chi connectivity index (χ1n) is 4.87. The van der Waals surface area contributed by atoms with Crippen LogP contribution in [0.15, 0.2) is 18.3 Å². The molecule has 2 heterocycles. The Morgan fingerprint density at radius 2 is 2.43 bits per heavy atom. The minimum atomic E-state index is -0.369. The molecule has 2 N–H and O–H groups in total. The highest BCUT2D eigenvalue weighted by Gasteiger charge is 2.15. The summed E-state index contributed by atoms with van der Waals surface area (Å²) in [6.45, 7) is 3.66. The molecule has 0 radical (unpaired) electrons. The average molecular weight is 195 g/mol. The second-order valence-corrected chi connectivity index (χ2v) is 3.61. The summed E-state index contributed by atoms with van der Waals surface area (Å²) in [7, 11) is 0. The van der Waals surface area contributed by atoms with E-state index >= 15 is 0 Å². The van der Waals surface area contributed by atoms with E-state index in [2.05, 4.69) is 15.6 Å². The van der Waals surface area contributed by atoms with Gasteiger partial charge in [0.15, 0.2) is 0 Å². The molecule has 3 nitrogen and oxygen atoms in total. The Morgan fingerprint density at radius 1 is 1.57 bits per heavy atom. The highest BCUT2D eigenvalue weighted by Crippen LogP contribution is 2.04. The number of nitrogens with zero attached hydrogens (tertiary/aromatic N) is 1. The first-order valence-corrected chi connectivity index (χ1v) is 4.87. The fraction of sp³-hybridized carbons (Fsp3) is 0.500. The predicted octanol–water partition coefficient (Wildman–Crippen LogP) is 0.530. The summed E-state index contributed by atoms with van der Waals surface area (Å²) in [5.41, 5.74) is 0.639. The van der Waals surface area contributed by atoms with Crippen molar-refractivity contribution in [2.45, 2.75) is 6.54 Å². The molecule has 0 spiro atoms. The summed E-state index contributed by atoms with van der Waals surface area (Å²) in [6.07, 6.45) is 1.47. The maximum atomic E-state index is 13.0. The van der Waals surface area contributed by atoms with Gasteiger partial charge < -0.3 is 10.6 Å². The molecule has 0 saturated carbocycles. The molecule has 1 fully saturated rings. The summed E-state index contributed by atoms with van der Waals surface area (Å²) >= 11 is 0. The number of hydrogen-bond acceptors (Lipinski definition) is 3. The van der Waals surface area contributed by atoms with Crippen molar-refractivity contribution in [2.75, 3.05) is 19.6 Å². The van der Waals surface area contributed by atoms with E-state index in [0.717, 1.165) is 19.6 Å². The highest BCUT2D eigenvalue weighted by atomic mass is 19.1. The molecule has 14 heavy (non-hydrogen) atoms. The number of aromatic nitrogens is 1. The number of rotatable bonds is 4. The van der Waals surface area contributed by atoms with Crippen LogP contribution in [0.3, 0.4) is 0 Å². The zero-order valence-electron chi connectivity index (χ0n) is 7.96. The lowest BCUT2D eigenvalue weighted by molar-refractivity contribution is 0.330.